The molecule has 0 bridgehead atoms. The average Bonchev–Trinajstić information content (AvgIpc) is 4.02. The Balaban J connectivity index is 0.921. The molecule has 1 aliphatic rings. The summed E-state index contributed by atoms with van der Waals surface area (Å²) in [6.07, 6.45) is -1.12. The van der Waals surface area contributed by atoms with Crippen molar-refractivity contribution in [1.82, 2.24) is 21.3 Å². The Hall–Kier alpha value is -9.94. The van der Waals surface area contributed by atoms with Gasteiger partial charge in [0.25, 0.3) is 5.91 Å². The van der Waals surface area contributed by atoms with Crippen molar-refractivity contribution < 1.29 is 38.1 Å². The van der Waals surface area contributed by atoms with Gasteiger partial charge in [-0.2, -0.15) is 0 Å². The van der Waals surface area contributed by atoms with Crippen LogP contribution in [0.4, 0.5) is 4.79 Å². The molecule has 1 aliphatic carbocycles. The summed E-state index contributed by atoms with van der Waals surface area (Å²) in [7, 11) is 3.08. The first kappa shape index (κ1) is 56.3. The van der Waals surface area contributed by atoms with Gasteiger partial charge in [-0.3, -0.25) is 14.4 Å². The van der Waals surface area contributed by atoms with Crippen LogP contribution in [0.25, 0.3) is 11.1 Å². The number of amides is 4. The maximum Gasteiger partial charge on any atom is 0.407 e. The van der Waals surface area contributed by atoms with Crippen molar-refractivity contribution in [3.8, 4) is 28.4 Å². The predicted molar refractivity (Wildman–Crippen MR) is 322 cm³/mol. The van der Waals surface area contributed by atoms with Crippen molar-refractivity contribution >= 4 is 23.8 Å². The third-order valence-corrected chi connectivity index (χ3v) is 15.3. The summed E-state index contributed by atoms with van der Waals surface area (Å²) in [5.41, 5.74) is 10.9. The quantitative estimate of drug-likeness (QED) is 0.0489. The fraction of sp³-hybridized carbons (Fsp3) is 0.183. The number of carbonyl (C=O) groups excluding carboxylic acids is 4. The molecule has 9 aromatic carbocycles. The first-order valence-corrected chi connectivity index (χ1v) is 27.8. The number of fused-ring (bicyclic) bond motifs is 3. The van der Waals surface area contributed by atoms with Crippen LogP contribution in [0.2, 0.25) is 0 Å². The van der Waals surface area contributed by atoms with E-state index in [-0.39, 0.29) is 43.8 Å². The minimum absolute atomic E-state index is 0.00422. The monoisotopic (exact) mass is 1100 g/mol. The number of methoxy groups -OCH3 is 2. The first-order valence-electron chi connectivity index (χ1n) is 27.8. The molecule has 0 heterocycles. The molecule has 0 fully saturated rings. The number of hydrogen-bond donors (Lipinski definition) is 4. The summed E-state index contributed by atoms with van der Waals surface area (Å²) in [6.45, 7) is 3.79. The van der Waals surface area contributed by atoms with Crippen LogP contribution < -0.4 is 35.5 Å². The Morgan fingerprint density at radius 3 is 1.49 bits per heavy atom. The van der Waals surface area contributed by atoms with Crippen molar-refractivity contribution in [2.24, 2.45) is 0 Å². The van der Waals surface area contributed by atoms with Gasteiger partial charge in [0.05, 0.1) is 26.3 Å². The summed E-state index contributed by atoms with van der Waals surface area (Å²) in [6, 6.07) is 71.3. The second-order valence-corrected chi connectivity index (χ2v) is 20.7. The zero-order chi connectivity index (χ0) is 57.7. The molecular formula is C71H66N4O8. The van der Waals surface area contributed by atoms with Crippen LogP contribution in [0.5, 0.6) is 17.2 Å². The molecule has 4 N–H and O–H groups in total. The molecule has 1 unspecified atom stereocenters. The Bertz CT molecular complexity index is 3480. The zero-order valence-corrected chi connectivity index (χ0v) is 46.8. The molecule has 0 spiro atoms. The highest BCUT2D eigenvalue weighted by Crippen LogP contribution is 2.45. The van der Waals surface area contributed by atoms with Crippen LogP contribution >= 0.6 is 0 Å². The van der Waals surface area contributed by atoms with E-state index in [4.69, 9.17) is 18.9 Å². The van der Waals surface area contributed by atoms with Gasteiger partial charge in [0.2, 0.25) is 11.8 Å². The van der Waals surface area contributed by atoms with E-state index in [2.05, 4.69) is 33.4 Å². The van der Waals surface area contributed by atoms with Crippen LogP contribution in [-0.4, -0.2) is 57.3 Å². The number of carbonyl (C=O) groups is 4. The molecule has 83 heavy (non-hydrogen) atoms. The molecule has 12 heteroatoms. The maximum atomic E-state index is 15.2. The van der Waals surface area contributed by atoms with Gasteiger partial charge in [-0.1, -0.05) is 211 Å². The molecular weight excluding hydrogens is 1040 g/mol. The lowest BCUT2D eigenvalue weighted by Crippen LogP contribution is -2.50. The molecule has 12 nitrogen and oxygen atoms in total. The van der Waals surface area contributed by atoms with Gasteiger partial charge in [-0.15, -0.1) is 0 Å². The highest BCUT2D eigenvalue weighted by Gasteiger charge is 2.39. The second-order valence-electron chi connectivity index (χ2n) is 20.7. The Morgan fingerprint density at radius 2 is 0.976 bits per heavy atom. The predicted octanol–water partition coefficient (Wildman–Crippen LogP) is 12.6. The molecule has 9 aromatic rings. The highest BCUT2D eigenvalue weighted by atomic mass is 16.5. The number of hydrogen-bond acceptors (Lipinski definition) is 8. The summed E-state index contributed by atoms with van der Waals surface area (Å²) in [4.78, 5) is 57.9. The lowest BCUT2D eigenvalue weighted by molar-refractivity contribution is -0.125. The fourth-order valence-electron chi connectivity index (χ4n) is 11.0. The van der Waals surface area contributed by atoms with E-state index in [0.717, 1.165) is 61.2 Å². The minimum atomic E-state index is -1.28. The largest absolute Gasteiger partial charge is 0.497 e. The number of benzene rings is 9. The molecule has 2 atom stereocenters. The van der Waals surface area contributed by atoms with Crippen molar-refractivity contribution in [2.45, 2.75) is 56.3 Å². The fourth-order valence-corrected chi connectivity index (χ4v) is 11.0. The summed E-state index contributed by atoms with van der Waals surface area (Å²) < 4.78 is 23.6. The SMILES string of the molecule is COc1ccc(C(NC(=O)[C@H](CCC(=O)NC(c2ccccc2)(c2ccccc2)c2ccccc2)NC(=O)OCC2c3ccccc3-c3ccccc32)c2ccc(OCC(=O)NC(c3ccc(C)cc3)c3ccc(C)cc3)cc2)c(OC)c1. The summed E-state index contributed by atoms with van der Waals surface area (Å²) in [5, 5.41) is 12.6. The van der Waals surface area contributed by atoms with E-state index < -0.39 is 35.7 Å². The summed E-state index contributed by atoms with van der Waals surface area (Å²) in [5.74, 6) is -0.156. The van der Waals surface area contributed by atoms with Crippen LogP contribution in [0.3, 0.4) is 0 Å². The number of rotatable bonds is 22. The molecule has 418 valence electrons. The number of nitrogens with one attached hydrogen (secondary N) is 4. The van der Waals surface area contributed by atoms with Crippen LogP contribution in [0, 0.1) is 13.8 Å². The van der Waals surface area contributed by atoms with E-state index in [1.165, 1.54) is 7.11 Å². The van der Waals surface area contributed by atoms with Gasteiger partial charge in [0, 0.05) is 24.0 Å². The maximum absolute atomic E-state index is 15.2. The number of aryl methyl sites for hydroxylation is 2. The third kappa shape index (κ3) is 13.0. The highest BCUT2D eigenvalue weighted by molar-refractivity contribution is 5.88. The molecule has 0 saturated heterocycles. The standard InChI is InChI=1S/C71H66N4O8/c1-47-28-32-49(33-29-47)67(50-34-30-48(2)31-35-50)73-66(77)46-82-55-38-36-51(37-39-55)68(61-41-40-56(80-3)44-64(61)81-4)74-69(78)63(72-70(79)83-45-62-59-26-16-14-24-57(59)58-25-15-17-27-60(58)62)42-43-65(76)75-71(52-18-8-5-9-19-52,53-20-10-6-11-21-53)54-22-12-7-13-23-54/h5-41,44,62-63,67-68H,42-43,45-46H2,1-4H3,(H,72,79)(H,73,77)(H,74,78)(H,75,76)/t63-,68?/m0/s1. The summed E-state index contributed by atoms with van der Waals surface area (Å²) >= 11 is 0. The minimum Gasteiger partial charge on any atom is -0.497 e. The van der Waals surface area contributed by atoms with E-state index in [1.54, 1.807) is 49.6 Å². The molecule has 10 rings (SSSR count). The van der Waals surface area contributed by atoms with Crippen molar-refractivity contribution in [3.63, 3.8) is 0 Å². The van der Waals surface area contributed by atoms with E-state index >= 15 is 4.79 Å². The molecule has 0 aliphatic heterocycles. The zero-order valence-electron chi connectivity index (χ0n) is 46.8. The smallest absolute Gasteiger partial charge is 0.407 e. The van der Waals surface area contributed by atoms with Crippen LogP contribution in [0.1, 0.15) is 92.0 Å². The topological polar surface area (TPSA) is 153 Å². The Kier molecular flexibility index (Phi) is 17.7. The van der Waals surface area contributed by atoms with Crippen LogP contribution in [0.15, 0.2) is 231 Å². The van der Waals surface area contributed by atoms with Crippen molar-refractivity contribution in [1.29, 1.82) is 0 Å². The molecule has 0 saturated carbocycles. The van der Waals surface area contributed by atoms with E-state index in [0.29, 0.717) is 28.4 Å². The van der Waals surface area contributed by atoms with Crippen molar-refractivity contribution in [2.75, 3.05) is 27.4 Å². The normalized spacial score (nSPS) is 12.4. The Morgan fingerprint density at radius 1 is 0.494 bits per heavy atom. The molecule has 0 radical (unpaired) electrons. The van der Waals surface area contributed by atoms with Gasteiger partial charge in [-0.25, -0.2) is 4.79 Å². The average molecular weight is 1100 g/mol. The van der Waals surface area contributed by atoms with Crippen molar-refractivity contribution in [3.05, 3.63) is 292 Å². The first-order chi connectivity index (χ1) is 40.5. The molecule has 0 aromatic heterocycles. The lowest BCUT2D eigenvalue weighted by atomic mass is 9.77. The second kappa shape index (κ2) is 26.1. The van der Waals surface area contributed by atoms with Gasteiger partial charge < -0.3 is 40.2 Å². The van der Waals surface area contributed by atoms with Gasteiger partial charge >= 0.3 is 6.09 Å². The number of ether oxygens (including phenoxy) is 4. The Labute approximate surface area is 484 Å². The van der Waals surface area contributed by atoms with E-state index in [9.17, 15) is 14.4 Å². The molecule has 4 amide bonds. The van der Waals surface area contributed by atoms with E-state index in [1.807, 2.05) is 190 Å². The third-order valence-electron chi connectivity index (χ3n) is 15.3. The van der Waals surface area contributed by atoms with Gasteiger partial charge in [0.15, 0.2) is 6.61 Å². The van der Waals surface area contributed by atoms with Gasteiger partial charge in [0.1, 0.15) is 35.4 Å². The number of alkyl carbamates (subject to hydrolysis) is 1. The van der Waals surface area contributed by atoms with Gasteiger partial charge in [-0.05, 0) is 100 Å². The lowest BCUT2D eigenvalue weighted by Gasteiger charge is -2.37. The van der Waals surface area contributed by atoms with Crippen LogP contribution in [-0.2, 0) is 24.7 Å².